The first kappa shape index (κ1) is 11.9. The fraction of sp³-hybridized carbons (Fsp3) is 0.714. The van der Waals surface area contributed by atoms with Crippen LogP contribution in [0, 0.1) is 0 Å². The normalized spacial score (nSPS) is 34.9. The van der Waals surface area contributed by atoms with Crippen LogP contribution in [-0.2, 0) is 9.59 Å². The van der Waals surface area contributed by atoms with Crippen LogP contribution >= 0.6 is 0 Å². The van der Waals surface area contributed by atoms with E-state index in [4.69, 9.17) is 0 Å². The Labute approximate surface area is 107 Å². The fourth-order valence-corrected chi connectivity index (χ4v) is 3.54. The maximum Gasteiger partial charge on any atom is 0.250 e. The van der Waals surface area contributed by atoms with E-state index in [9.17, 15) is 9.59 Å². The predicted molar refractivity (Wildman–Crippen MR) is 67.8 cm³/mol. The highest BCUT2D eigenvalue weighted by Gasteiger charge is 2.53. The highest BCUT2D eigenvalue weighted by atomic mass is 16.2. The van der Waals surface area contributed by atoms with Gasteiger partial charge in [-0.05, 0) is 32.1 Å². The molecule has 4 nitrogen and oxygen atoms in total. The number of amides is 2. The molecule has 1 saturated carbocycles. The Morgan fingerprint density at radius 1 is 0.944 bits per heavy atom. The van der Waals surface area contributed by atoms with Gasteiger partial charge in [0, 0.05) is 0 Å². The number of carbonyl (C=O) groups is 2. The summed E-state index contributed by atoms with van der Waals surface area (Å²) >= 11 is 0. The fourth-order valence-electron chi connectivity index (χ4n) is 3.54. The van der Waals surface area contributed by atoms with Crippen molar-refractivity contribution in [1.82, 2.24) is 10.6 Å². The standard InChI is InChI=1S/C14H20N2O2/c17-11-13(7-3-1-4-8-13)16-14(12(18)15-11)9-5-2-6-10-14/h3,7,16H,1-2,4-6,8-10H2,(H,15,17,18). The lowest BCUT2D eigenvalue weighted by Gasteiger charge is -2.48. The van der Waals surface area contributed by atoms with Crippen LogP contribution in [0.4, 0.5) is 0 Å². The molecule has 1 heterocycles. The minimum absolute atomic E-state index is 0.114. The van der Waals surface area contributed by atoms with Gasteiger partial charge in [-0.15, -0.1) is 0 Å². The number of carbonyl (C=O) groups excluding carboxylic acids is 2. The first-order chi connectivity index (χ1) is 8.67. The summed E-state index contributed by atoms with van der Waals surface area (Å²) in [5.74, 6) is -0.281. The summed E-state index contributed by atoms with van der Waals surface area (Å²) < 4.78 is 0. The summed E-state index contributed by atoms with van der Waals surface area (Å²) in [6.07, 6.45) is 11.9. The van der Waals surface area contributed by atoms with E-state index in [-0.39, 0.29) is 11.8 Å². The van der Waals surface area contributed by atoms with Gasteiger partial charge in [-0.3, -0.25) is 20.2 Å². The Balaban J connectivity index is 1.93. The van der Waals surface area contributed by atoms with Crippen molar-refractivity contribution in [2.24, 2.45) is 0 Å². The average molecular weight is 248 g/mol. The summed E-state index contributed by atoms with van der Waals surface area (Å²) in [5, 5.41) is 6.04. The Hall–Kier alpha value is -1.16. The molecular formula is C14H20N2O2. The SMILES string of the molecule is O=C1NC(=O)C2(CCCCC2)NC12C=CCCC2. The molecule has 0 radical (unpaired) electrons. The molecule has 1 saturated heterocycles. The van der Waals surface area contributed by atoms with Crippen LogP contribution in [0.2, 0.25) is 0 Å². The summed E-state index contributed by atoms with van der Waals surface area (Å²) in [4.78, 5) is 24.4. The van der Waals surface area contributed by atoms with Crippen LogP contribution in [0.5, 0.6) is 0 Å². The van der Waals surface area contributed by atoms with Crippen molar-refractivity contribution < 1.29 is 9.59 Å². The molecule has 1 aliphatic heterocycles. The molecule has 0 aromatic carbocycles. The maximum absolute atomic E-state index is 12.2. The molecule has 1 atom stereocenters. The number of hydrogen-bond acceptors (Lipinski definition) is 3. The Morgan fingerprint density at radius 2 is 1.72 bits per heavy atom. The van der Waals surface area contributed by atoms with E-state index in [0.717, 1.165) is 44.9 Å². The molecule has 98 valence electrons. The van der Waals surface area contributed by atoms with Crippen molar-refractivity contribution in [3.63, 3.8) is 0 Å². The number of piperazine rings is 1. The summed E-state index contributed by atoms with van der Waals surface area (Å²) in [6.45, 7) is 0. The Kier molecular flexibility index (Phi) is 2.77. The molecule has 2 fully saturated rings. The van der Waals surface area contributed by atoms with Crippen molar-refractivity contribution in [3.05, 3.63) is 12.2 Å². The lowest BCUT2D eigenvalue weighted by Crippen LogP contribution is -2.75. The van der Waals surface area contributed by atoms with Gasteiger partial charge in [0.25, 0.3) is 5.91 Å². The molecule has 4 heteroatoms. The van der Waals surface area contributed by atoms with Crippen molar-refractivity contribution in [2.75, 3.05) is 0 Å². The van der Waals surface area contributed by atoms with Gasteiger partial charge in [0.15, 0.2) is 0 Å². The number of hydrogen-bond donors (Lipinski definition) is 2. The van der Waals surface area contributed by atoms with Crippen molar-refractivity contribution >= 4 is 11.8 Å². The van der Waals surface area contributed by atoms with Gasteiger partial charge in [-0.2, -0.15) is 0 Å². The lowest BCUT2D eigenvalue weighted by molar-refractivity contribution is -0.145. The minimum atomic E-state index is -0.635. The molecule has 18 heavy (non-hydrogen) atoms. The molecule has 2 amide bonds. The smallest absolute Gasteiger partial charge is 0.250 e. The highest BCUT2D eigenvalue weighted by molar-refractivity contribution is 6.07. The lowest BCUT2D eigenvalue weighted by atomic mass is 9.74. The first-order valence-electron chi connectivity index (χ1n) is 7.00. The zero-order chi connectivity index (χ0) is 12.6. The molecule has 2 spiro atoms. The van der Waals surface area contributed by atoms with E-state index in [0.29, 0.717) is 0 Å². The van der Waals surface area contributed by atoms with Gasteiger partial charge in [-0.25, -0.2) is 0 Å². The largest absolute Gasteiger partial charge is 0.293 e. The van der Waals surface area contributed by atoms with E-state index in [1.54, 1.807) is 0 Å². The topological polar surface area (TPSA) is 58.2 Å². The zero-order valence-corrected chi connectivity index (χ0v) is 10.6. The Bertz CT molecular complexity index is 410. The second kappa shape index (κ2) is 4.19. The molecule has 1 unspecified atom stereocenters. The first-order valence-corrected chi connectivity index (χ1v) is 7.00. The molecule has 3 rings (SSSR count). The minimum Gasteiger partial charge on any atom is -0.293 e. The van der Waals surface area contributed by atoms with Crippen molar-refractivity contribution in [1.29, 1.82) is 0 Å². The summed E-state index contributed by atoms with van der Waals surface area (Å²) in [7, 11) is 0. The van der Waals surface area contributed by atoms with Gasteiger partial charge in [0.2, 0.25) is 5.91 Å². The van der Waals surface area contributed by atoms with Gasteiger partial charge >= 0.3 is 0 Å². The maximum atomic E-state index is 12.2. The zero-order valence-electron chi connectivity index (χ0n) is 10.6. The van der Waals surface area contributed by atoms with Gasteiger partial charge in [-0.1, -0.05) is 31.4 Å². The highest BCUT2D eigenvalue weighted by Crippen LogP contribution is 2.36. The quantitative estimate of drug-likeness (QED) is 0.503. The third-order valence-electron chi connectivity index (χ3n) is 4.58. The van der Waals surface area contributed by atoms with Crippen LogP contribution in [0.1, 0.15) is 51.4 Å². The van der Waals surface area contributed by atoms with Crippen LogP contribution in [-0.4, -0.2) is 22.9 Å². The number of imide groups is 1. The van der Waals surface area contributed by atoms with E-state index >= 15 is 0 Å². The Morgan fingerprint density at radius 3 is 2.39 bits per heavy atom. The molecule has 0 aromatic rings. The molecule has 0 bridgehead atoms. The third-order valence-corrected chi connectivity index (χ3v) is 4.58. The number of rotatable bonds is 0. The molecule has 2 aliphatic carbocycles. The van der Waals surface area contributed by atoms with Crippen LogP contribution < -0.4 is 10.6 Å². The van der Waals surface area contributed by atoms with Crippen LogP contribution in [0.15, 0.2) is 12.2 Å². The van der Waals surface area contributed by atoms with E-state index in [1.165, 1.54) is 6.42 Å². The average Bonchev–Trinajstić information content (AvgIpc) is 2.39. The second-order valence-electron chi connectivity index (χ2n) is 5.82. The van der Waals surface area contributed by atoms with Gasteiger partial charge in [0.1, 0.15) is 5.54 Å². The van der Waals surface area contributed by atoms with Crippen molar-refractivity contribution in [2.45, 2.75) is 62.4 Å². The second-order valence-corrected chi connectivity index (χ2v) is 5.82. The van der Waals surface area contributed by atoms with Crippen LogP contribution in [0.25, 0.3) is 0 Å². The molecule has 0 aromatic heterocycles. The van der Waals surface area contributed by atoms with Gasteiger partial charge < -0.3 is 0 Å². The monoisotopic (exact) mass is 248 g/mol. The van der Waals surface area contributed by atoms with E-state index < -0.39 is 11.1 Å². The summed E-state index contributed by atoms with van der Waals surface area (Å²) in [6, 6.07) is 0. The van der Waals surface area contributed by atoms with Crippen molar-refractivity contribution in [3.8, 4) is 0 Å². The summed E-state index contributed by atoms with van der Waals surface area (Å²) in [5.41, 5.74) is -1.14. The van der Waals surface area contributed by atoms with E-state index in [2.05, 4.69) is 16.7 Å². The number of nitrogens with one attached hydrogen (secondary N) is 2. The molecule has 2 N–H and O–H groups in total. The molecular weight excluding hydrogens is 228 g/mol. The van der Waals surface area contributed by atoms with E-state index in [1.807, 2.05) is 6.08 Å². The molecule has 3 aliphatic rings. The third kappa shape index (κ3) is 1.70. The van der Waals surface area contributed by atoms with Gasteiger partial charge in [0.05, 0.1) is 5.54 Å². The number of allylic oxidation sites excluding steroid dienone is 1. The van der Waals surface area contributed by atoms with Crippen LogP contribution in [0.3, 0.4) is 0 Å². The predicted octanol–water partition coefficient (Wildman–Crippen LogP) is 1.41.